The maximum absolute atomic E-state index is 12.5. The van der Waals surface area contributed by atoms with Crippen LogP contribution in [0.5, 0.6) is 0 Å². The molecule has 0 spiro atoms. The largest absolute Gasteiger partial charge is 0.462 e. The number of hydrogen-bond donors (Lipinski definition) is 0. The minimum absolute atomic E-state index is 0.0791. The van der Waals surface area contributed by atoms with Crippen molar-refractivity contribution in [2.75, 3.05) is 13.2 Å². The van der Waals surface area contributed by atoms with Crippen LogP contribution in [0.3, 0.4) is 0 Å². The van der Waals surface area contributed by atoms with Crippen LogP contribution in [0.15, 0.2) is 24.3 Å². The molecule has 0 aromatic rings. The topological polar surface area (TPSA) is 78.9 Å². The Kier molecular flexibility index (Phi) is 33.1. The van der Waals surface area contributed by atoms with Crippen molar-refractivity contribution in [3.63, 3.8) is 0 Å². The van der Waals surface area contributed by atoms with Gasteiger partial charge in [-0.05, 0) is 44.9 Å². The van der Waals surface area contributed by atoms with Crippen LogP contribution in [0.4, 0.5) is 0 Å². The predicted molar refractivity (Wildman–Crippen MR) is 187 cm³/mol. The maximum atomic E-state index is 12.5. The van der Waals surface area contributed by atoms with Gasteiger partial charge in [0.2, 0.25) is 0 Å². The standard InChI is InChI=1S/C39H70O6/c1-4-7-10-13-16-19-22-25-28-31-37(40)43-34-36(45-39(42)33-30-27-24-21-18-15-12-9-6-3)35-44-38(41)32-29-26-23-20-17-14-11-8-5-2/h7,10,16,19,36H,4-6,8-9,11-15,17-18,20-35H2,1-3H3/b10-7-,19-16-. The van der Waals surface area contributed by atoms with Crippen LogP contribution in [0.1, 0.15) is 188 Å². The van der Waals surface area contributed by atoms with Gasteiger partial charge in [-0.3, -0.25) is 14.4 Å². The monoisotopic (exact) mass is 635 g/mol. The third-order valence-corrected chi connectivity index (χ3v) is 7.97. The second-order valence-corrected chi connectivity index (χ2v) is 12.5. The zero-order valence-corrected chi connectivity index (χ0v) is 29.6. The fourth-order valence-electron chi connectivity index (χ4n) is 5.12. The summed E-state index contributed by atoms with van der Waals surface area (Å²) in [6, 6.07) is 0. The Morgan fingerprint density at radius 1 is 0.467 bits per heavy atom. The summed E-state index contributed by atoms with van der Waals surface area (Å²) >= 11 is 0. The van der Waals surface area contributed by atoms with Crippen LogP contribution in [0.25, 0.3) is 0 Å². The van der Waals surface area contributed by atoms with Crippen molar-refractivity contribution in [1.82, 2.24) is 0 Å². The lowest BCUT2D eigenvalue weighted by Gasteiger charge is -2.18. The highest BCUT2D eigenvalue weighted by atomic mass is 16.6. The summed E-state index contributed by atoms with van der Waals surface area (Å²) in [7, 11) is 0. The lowest BCUT2D eigenvalue weighted by Crippen LogP contribution is -2.30. The number of carbonyl (C=O) groups is 3. The first kappa shape index (κ1) is 42.9. The lowest BCUT2D eigenvalue weighted by molar-refractivity contribution is -0.167. The third-order valence-electron chi connectivity index (χ3n) is 7.97. The quantitative estimate of drug-likeness (QED) is 0.0309. The molecule has 0 bridgehead atoms. The van der Waals surface area contributed by atoms with Crippen molar-refractivity contribution >= 4 is 17.9 Å². The van der Waals surface area contributed by atoms with Crippen molar-refractivity contribution < 1.29 is 28.6 Å². The first-order valence-corrected chi connectivity index (χ1v) is 18.8. The molecule has 0 heterocycles. The molecule has 1 unspecified atom stereocenters. The minimum atomic E-state index is -0.772. The van der Waals surface area contributed by atoms with Crippen LogP contribution in [-0.2, 0) is 28.6 Å². The molecule has 0 aromatic heterocycles. The fourth-order valence-corrected chi connectivity index (χ4v) is 5.12. The first-order chi connectivity index (χ1) is 22.0. The molecule has 0 radical (unpaired) electrons. The molecule has 262 valence electrons. The van der Waals surface area contributed by atoms with E-state index in [1.165, 1.54) is 77.0 Å². The summed E-state index contributed by atoms with van der Waals surface area (Å²) < 4.78 is 16.5. The number of ether oxygens (including phenoxy) is 3. The van der Waals surface area contributed by atoms with E-state index < -0.39 is 6.10 Å². The Morgan fingerprint density at radius 2 is 0.867 bits per heavy atom. The molecule has 1 atom stereocenters. The molecule has 45 heavy (non-hydrogen) atoms. The molecule has 0 aliphatic heterocycles. The third kappa shape index (κ3) is 33.1. The van der Waals surface area contributed by atoms with E-state index in [2.05, 4.69) is 45.1 Å². The zero-order valence-electron chi connectivity index (χ0n) is 29.6. The summed E-state index contributed by atoms with van der Waals surface area (Å²) in [5, 5.41) is 0. The molecular weight excluding hydrogens is 564 g/mol. The highest BCUT2D eigenvalue weighted by molar-refractivity contribution is 5.71. The van der Waals surface area contributed by atoms with E-state index >= 15 is 0 Å². The second kappa shape index (κ2) is 34.8. The van der Waals surface area contributed by atoms with Crippen LogP contribution in [0, 0.1) is 0 Å². The van der Waals surface area contributed by atoms with E-state index in [0.29, 0.717) is 19.3 Å². The lowest BCUT2D eigenvalue weighted by atomic mass is 10.1. The van der Waals surface area contributed by atoms with Gasteiger partial charge < -0.3 is 14.2 Å². The van der Waals surface area contributed by atoms with E-state index in [-0.39, 0.29) is 31.1 Å². The van der Waals surface area contributed by atoms with Crippen molar-refractivity contribution in [2.24, 2.45) is 0 Å². The van der Waals surface area contributed by atoms with E-state index in [1.807, 2.05) is 0 Å². The molecule has 0 saturated carbocycles. The van der Waals surface area contributed by atoms with Gasteiger partial charge in [-0.15, -0.1) is 0 Å². The number of carbonyl (C=O) groups excluding carboxylic acids is 3. The molecule has 0 fully saturated rings. The Morgan fingerprint density at radius 3 is 1.33 bits per heavy atom. The SMILES string of the molecule is CC/C=C\C/C=C\CCCCC(=O)OCC(COC(=O)CCCCCCCCCCC)OC(=O)CCCCCCCCCCC. The molecule has 0 rings (SSSR count). The van der Waals surface area contributed by atoms with Gasteiger partial charge >= 0.3 is 17.9 Å². The molecule has 0 N–H and O–H groups in total. The Hall–Kier alpha value is -2.11. The molecule has 0 saturated heterocycles. The molecule has 0 aliphatic rings. The Bertz CT molecular complexity index is 744. The molecule has 0 aromatic carbocycles. The van der Waals surface area contributed by atoms with Gasteiger partial charge in [-0.2, -0.15) is 0 Å². The summed E-state index contributed by atoms with van der Waals surface area (Å²) in [4.78, 5) is 37.2. The van der Waals surface area contributed by atoms with Crippen LogP contribution in [0.2, 0.25) is 0 Å². The second-order valence-electron chi connectivity index (χ2n) is 12.5. The molecule has 0 aliphatic carbocycles. The van der Waals surface area contributed by atoms with Crippen molar-refractivity contribution in [1.29, 1.82) is 0 Å². The normalized spacial score (nSPS) is 12.2. The highest BCUT2D eigenvalue weighted by Gasteiger charge is 2.19. The van der Waals surface area contributed by atoms with Gasteiger partial charge in [0.05, 0.1) is 0 Å². The fraction of sp³-hybridized carbons (Fsp3) is 0.821. The number of allylic oxidation sites excluding steroid dienone is 4. The maximum Gasteiger partial charge on any atom is 0.306 e. The summed E-state index contributed by atoms with van der Waals surface area (Å²) in [6.45, 7) is 6.41. The average molecular weight is 635 g/mol. The van der Waals surface area contributed by atoms with E-state index in [4.69, 9.17) is 14.2 Å². The molecule has 0 amide bonds. The van der Waals surface area contributed by atoms with Gasteiger partial charge in [0.25, 0.3) is 0 Å². The molecule has 6 nitrogen and oxygen atoms in total. The van der Waals surface area contributed by atoms with Crippen molar-refractivity contribution in [2.45, 2.75) is 194 Å². The molecular formula is C39H70O6. The van der Waals surface area contributed by atoms with E-state index in [9.17, 15) is 14.4 Å². The van der Waals surface area contributed by atoms with Gasteiger partial charge in [0, 0.05) is 19.3 Å². The number of esters is 3. The first-order valence-electron chi connectivity index (χ1n) is 18.8. The smallest absolute Gasteiger partial charge is 0.306 e. The number of unbranched alkanes of at least 4 members (excludes halogenated alkanes) is 18. The summed E-state index contributed by atoms with van der Waals surface area (Å²) in [5.74, 6) is -0.928. The number of hydrogen-bond acceptors (Lipinski definition) is 6. The predicted octanol–water partition coefficient (Wildman–Crippen LogP) is 11.3. The van der Waals surface area contributed by atoms with Gasteiger partial charge in [0.15, 0.2) is 6.10 Å². The van der Waals surface area contributed by atoms with Crippen LogP contribution in [-0.4, -0.2) is 37.2 Å². The van der Waals surface area contributed by atoms with E-state index in [0.717, 1.165) is 70.6 Å². The summed E-state index contributed by atoms with van der Waals surface area (Å²) in [6.07, 6.45) is 34.6. The van der Waals surface area contributed by atoms with Crippen LogP contribution < -0.4 is 0 Å². The Balaban J connectivity index is 4.41. The zero-order chi connectivity index (χ0) is 33.1. The van der Waals surface area contributed by atoms with Gasteiger partial charge in [-0.1, -0.05) is 148 Å². The van der Waals surface area contributed by atoms with E-state index in [1.54, 1.807) is 0 Å². The van der Waals surface area contributed by atoms with Gasteiger partial charge in [-0.25, -0.2) is 0 Å². The summed E-state index contributed by atoms with van der Waals surface area (Å²) in [5.41, 5.74) is 0. The number of rotatable bonds is 33. The minimum Gasteiger partial charge on any atom is -0.462 e. The highest BCUT2D eigenvalue weighted by Crippen LogP contribution is 2.13. The van der Waals surface area contributed by atoms with Crippen molar-refractivity contribution in [3.8, 4) is 0 Å². The van der Waals surface area contributed by atoms with Crippen molar-refractivity contribution in [3.05, 3.63) is 24.3 Å². The van der Waals surface area contributed by atoms with Gasteiger partial charge in [0.1, 0.15) is 13.2 Å². The average Bonchev–Trinajstić information content (AvgIpc) is 3.03. The van der Waals surface area contributed by atoms with Crippen LogP contribution >= 0.6 is 0 Å². The molecule has 6 heteroatoms. The Labute approximate surface area is 277 Å².